The molecule has 0 spiro atoms. The number of aromatic nitrogens is 1. The zero-order chi connectivity index (χ0) is 15.4. The van der Waals surface area contributed by atoms with Crippen molar-refractivity contribution in [1.29, 1.82) is 0 Å². The third-order valence-electron chi connectivity index (χ3n) is 3.01. The van der Waals surface area contributed by atoms with E-state index in [2.05, 4.69) is 26.2 Å². The molecule has 0 aliphatic rings. The number of amides is 1. The van der Waals surface area contributed by atoms with Gasteiger partial charge in [0.05, 0.1) is 23.2 Å². The van der Waals surface area contributed by atoms with Crippen molar-refractivity contribution in [2.45, 2.75) is 13.0 Å². The molecule has 0 saturated carbocycles. The number of methoxy groups -OCH3 is 1. The van der Waals surface area contributed by atoms with Crippen LogP contribution in [0.2, 0.25) is 5.15 Å². The molecular weight excluding hydrogens is 356 g/mol. The van der Waals surface area contributed by atoms with Gasteiger partial charge in [-0.1, -0.05) is 17.7 Å². The summed E-state index contributed by atoms with van der Waals surface area (Å²) in [5, 5.41) is 3.27. The van der Waals surface area contributed by atoms with Crippen molar-refractivity contribution in [1.82, 2.24) is 10.3 Å². The van der Waals surface area contributed by atoms with Crippen LogP contribution in [0.4, 0.5) is 0 Å². The minimum absolute atomic E-state index is 0.143. The fourth-order valence-electron chi connectivity index (χ4n) is 1.83. The largest absolute Gasteiger partial charge is 0.496 e. The minimum Gasteiger partial charge on any atom is -0.496 e. The highest BCUT2D eigenvalue weighted by atomic mass is 79.9. The quantitative estimate of drug-likeness (QED) is 0.829. The van der Waals surface area contributed by atoms with Gasteiger partial charge in [0.1, 0.15) is 10.9 Å². The normalized spacial score (nSPS) is 11.8. The molecule has 2 aromatic rings. The van der Waals surface area contributed by atoms with E-state index in [0.29, 0.717) is 10.7 Å². The molecule has 1 amide bonds. The first-order chi connectivity index (χ1) is 10.0. The molecule has 1 aromatic carbocycles. The first kappa shape index (κ1) is 15.8. The molecule has 21 heavy (non-hydrogen) atoms. The Hall–Kier alpha value is -1.59. The first-order valence-electron chi connectivity index (χ1n) is 6.27. The number of hydrogen-bond donors (Lipinski definition) is 1. The number of rotatable bonds is 4. The van der Waals surface area contributed by atoms with Crippen LogP contribution in [0.15, 0.2) is 41.0 Å². The number of hydrogen-bond acceptors (Lipinski definition) is 3. The maximum absolute atomic E-state index is 12.1. The Kier molecular flexibility index (Phi) is 5.20. The number of halogens is 2. The van der Waals surface area contributed by atoms with E-state index >= 15 is 0 Å². The Morgan fingerprint density at radius 1 is 1.38 bits per heavy atom. The summed E-state index contributed by atoms with van der Waals surface area (Å²) in [5.41, 5.74) is 1.44. The molecule has 0 unspecified atom stereocenters. The Morgan fingerprint density at radius 2 is 2.14 bits per heavy atom. The summed E-state index contributed by atoms with van der Waals surface area (Å²) < 4.78 is 6.03. The van der Waals surface area contributed by atoms with Crippen molar-refractivity contribution >= 4 is 33.4 Å². The van der Waals surface area contributed by atoms with Crippen LogP contribution in [-0.4, -0.2) is 18.0 Å². The van der Waals surface area contributed by atoms with Crippen molar-refractivity contribution in [2.75, 3.05) is 7.11 Å². The molecule has 1 atom stereocenters. The van der Waals surface area contributed by atoms with Gasteiger partial charge in [-0.15, -0.1) is 0 Å². The fourth-order valence-corrected chi connectivity index (χ4v) is 2.50. The van der Waals surface area contributed by atoms with Gasteiger partial charge in [-0.3, -0.25) is 4.79 Å². The molecule has 0 fully saturated rings. The smallest absolute Gasteiger partial charge is 0.253 e. The van der Waals surface area contributed by atoms with Crippen LogP contribution in [-0.2, 0) is 0 Å². The molecule has 0 saturated heterocycles. The number of carbonyl (C=O) groups excluding carboxylic acids is 1. The topological polar surface area (TPSA) is 51.2 Å². The van der Waals surface area contributed by atoms with Gasteiger partial charge in [0, 0.05) is 6.20 Å². The lowest BCUT2D eigenvalue weighted by molar-refractivity contribution is 0.0939. The molecule has 0 bridgehead atoms. The molecule has 1 aromatic heterocycles. The SMILES string of the molecule is COc1ccc([C@@H](C)NC(=O)c2ccc(Cl)nc2)cc1Br. The predicted octanol–water partition coefficient (Wildman–Crippen LogP) is 4.00. The van der Waals surface area contributed by atoms with Crippen LogP contribution in [0.3, 0.4) is 0 Å². The number of pyridine rings is 1. The van der Waals surface area contributed by atoms with Gasteiger partial charge in [0.2, 0.25) is 0 Å². The number of nitrogens with one attached hydrogen (secondary N) is 1. The van der Waals surface area contributed by atoms with E-state index in [0.717, 1.165) is 15.8 Å². The summed E-state index contributed by atoms with van der Waals surface area (Å²) in [6.45, 7) is 1.91. The first-order valence-corrected chi connectivity index (χ1v) is 7.44. The minimum atomic E-state index is -0.196. The predicted molar refractivity (Wildman–Crippen MR) is 85.8 cm³/mol. The third kappa shape index (κ3) is 3.95. The second kappa shape index (κ2) is 6.91. The zero-order valence-electron chi connectivity index (χ0n) is 11.6. The lowest BCUT2D eigenvalue weighted by atomic mass is 10.1. The Morgan fingerprint density at radius 3 is 2.71 bits per heavy atom. The molecule has 2 rings (SSSR count). The highest BCUT2D eigenvalue weighted by Gasteiger charge is 2.13. The summed E-state index contributed by atoms with van der Waals surface area (Å²) >= 11 is 9.14. The van der Waals surface area contributed by atoms with E-state index in [9.17, 15) is 4.79 Å². The highest BCUT2D eigenvalue weighted by molar-refractivity contribution is 9.10. The van der Waals surface area contributed by atoms with Crippen LogP contribution in [0.5, 0.6) is 5.75 Å². The van der Waals surface area contributed by atoms with Crippen LogP contribution >= 0.6 is 27.5 Å². The van der Waals surface area contributed by atoms with E-state index in [1.807, 2.05) is 25.1 Å². The Labute approximate surface area is 136 Å². The molecule has 0 aliphatic carbocycles. The molecule has 110 valence electrons. The number of benzene rings is 1. The summed E-state index contributed by atoms with van der Waals surface area (Å²) in [6, 6.07) is 8.77. The number of nitrogens with zero attached hydrogens (tertiary/aromatic N) is 1. The summed E-state index contributed by atoms with van der Waals surface area (Å²) in [4.78, 5) is 16.0. The summed E-state index contributed by atoms with van der Waals surface area (Å²) in [6.07, 6.45) is 1.45. The van der Waals surface area contributed by atoms with E-state index in [1.54, 1.807) is 19.2 Å². The molecule has 6 heteroatoms. The van der Waals surface area contributed by atoms with Gasteiger partial charge < -0.3 is 10.1 Å². The van der Waals surface area contributed by atoms with Gasteiger partial charge >= 0.3 is 0 Å². The van der Waals surface area contributed by atoms with Crippen molar-refractivity contribution in [2.24, 2.45) is 0 Å². The monoisotopic (exact) mass is 368 g/mol. The third-order valence-corrected chi connectivity index (χ3v) is 3.86. The second-order valence-electron chi connectivity index (χ2n) is 4.46. The van der Waals surface area contributed by atoms with Gasteiger partial charge in [0.15, 0.2) is 0 Å². The number of carbonyl (C=O) groups is 1. The van der Waals surface area contributed by atoms with Crippen molar-refractivity contribution in [3.05, 3.63) is 57.3 Å². The average molecular weight is 370 g/mol. The van der Waals surface area contributed by atoms with Crippen molar-refractivity contribution in [3.8, 4) is 5.75 Å². The van der Waals surface area contributed by atoms with Crippen LogP contribution in [0, 0.1) is 0 Å². The standard InChI is InChI=1S/C15H14BrClN2O2/c1-9(10-3-5-13(21-2)12(16)7-10)19-15(20)11-4-6-14(17)18-8-11/h3-9H,1-2H3,(H,19,20)/t9-/m1/s1. The maximum atomic E-state index is 12.1. The molecule has 1 heterocycles. The molecule has 0 radical (unpaired) electrons. The lowest BCUT2D eigenvalue weighted by Crippen LogP contribution is -2.26. The van der Waals surface area contributed by atoms with E-state index < -0.39 is 0 Å². The van der Waals surface area contributed by atoms with Crippen molar-refractivity contribution < 1.29 is 9.53 Å². The zero-order valence-corrected chi connectivity index (χ0v) is 13.9. The van der Waals surface area contributed by atoms with Crippen LogP contribution < -0.4 is 10.1 Å². The average Bonchev–Trinajstić information content (AvgIpc) is 2.47. The fraction of sp³-hybridized carbons (Fsp3) is 0.200. The van der Waals surface area contributed by atoms with Gasteiger partial charge in [-0.05, 0) is 52.7 Å². The van der Waals surface area contributed by atoms with Crippen LogP contribution in [0.25, 0.3) is 0 Å². The molecule has 4 nitrogen and oxygen atoms in total. The Balaban J connectivity index is 2.10. The van der Waals surface area contributed by atoms with E-state index in [1.165, 1.54) is 6.20 Å². The summed E-state index contributed by atoms with van der Waals surface area (Å²) in [5.74, 6) is 0.554. The van der Waals surface area contributed by atoms with Crippen LogP contribution in [0.1, 0.15) is 28.9 Å². The summed E-state index contributed by atoms with van der Waals surface area (Å²) in [7, 11) is 1.61. The molecule has 0 aliphatic heterocycles. The van der Waals surface area contributed by atoms with Crippen molar-refractivity contribution in [3.63, 3.8) is 0 Å². The lowest BCUT2D eigenvalue weighted by Gasteiger charge is -2.15. The highest BCUT2D eigenvalue weighted by Crippen LogP contribution is 2.28. The number of ether oxygens (including phenoxy) is 1. The van der Waals surface area contributed by atoms with Gasteiger partial charge in [-0.2, -0.15) is 0 Å². The molecular formula is C15H14BrClN2O2. The second-order valence-corrected chi connectivity index (χ2v) is 5.70. The Bertz CT molecular complexity index is 647. The molecule has 1 N–H and O–H groups in total. The van der Waals surface area contributed by atoms with E-state index in [-0.39, 0.29) is 11.9 Å². The maximum Gasteiger partial charge on any atom is 0.253 e. The van der Waals surface area contributed by atoms with E-state index in [4.69, 9.17) is 16.3 Å². The van der Waals surface area contributed by atoms with Gasteiger partial charge in [-0.25, -0.2) is 4.98 Å². The van der Waals surface area contributed by atoms with Gasteiger partial charge in [0.25, 0.3) is 5.91 Å².